The molecule has 4 nitrogen and oxygen atoms in total. The van der Waals surface area contributed by atoms with Crippen LogP contribution in [0.15, 0.2) is 23.1 Å². The molecule has 0 radical (unpaired) electrons. The number of benzene rings is 1. The summed E-state index contributed by atoms with van der Waals surface area (Å²) in [5.41, 5.74) is 6.84. The van der Waals surface area contributed by atoms with Crippen LogP contribution >= 0.6 is 11.8 Å². The Hall–Kier alpha value is -1.04. The molecule has 1 aliphatic rings. The van der Waals surface area contributed by atoms with E-state index in [0.717, 1.165) is 16.1 Å². The molecule has 1 atom stereocenters. The van der Waals surface area contributed by atoms with Gasteiger partial charge >= 0.3 is 0 Å². The third-order valence-electron chi connectivity index (χ3n) is 3.22. The summed E-state index contributed by atoms with van der Waals surface area (Å²) in [6.45, 7) is 4.24. The molecule has 1 aromatic rings. The monoisotopic (exact) mass is 266 g/mol. The highest BCUT2D eigenvalue weighted by atomic mass is 32.2. The zero-order valence-corrected chi connectivity index (χ0v) is 11.4. The Morgan fingerprint density at radius 3 is 2.94 bits per heavy atom. The van der Waals surface area contributed by atoms with Crippen molar-refractivity contribution in [2.75, 3.05) is 17.6 Å². The maximum absolute atomic E-state index is 11.3. The highest BCUT2D eigenvalue weighted by Gasteiger charge is 2.28. The van der Waals surface area contributed by atoms with E-state index in [0.29, 0.717) is 12.3 Å². The Balaban J connectivity index is 2.31. The first-order valence-electron chi connectivity index (χ1n) is 5.89. The van der Waals surface area contributed by atoms with Crippen LogP contribution in [-0.2, 0) is 4.79 Å². The van der Waals surface area contributed by atoms with Crippen LogP contribution in [-0.4, -0.2) is 23.3 Å². The minimum Gasteiger partial charge on any atom is -0.388 e. The highest BCUT2D eigenvalue weighted by molar-refractivity contribution is 8.00. The molecule has 5 heteroatoms. The lowest BCUT2D eigenvalue weighted by Gasteiger charge is -2.30. The number of rotatable bonds is 3. The van der Waals surface area contributed by atoms with E-state index in [1.165, 1.54) is 11.8 Å². The number of aliphatic hydroxyl groups excluding tert-OH is 1. The van der Waals surface area contributed by atoms with Crippen LogP contribution in [0.2, 0.25) is 0 Å². The van der Waals surface area contributed by atoms with Crippen LogP contribution in [0.1, 0.15) is 25.5 Å². The summed E-state index contributed by atoms with van der Waals surface area (Å²) in [5, 5.41) is 13.1. The Labute approximate surface area is 111 Å². The molecule has 0 saturated heterocycles. The maximum Gasteiger partial charge on any atom is 0.234 e. The summed E-state index contributed by atoms with van der Waals surface area (Å²) in [6, 6.07) is 5.66. The lowest BCUT2D eigenvalue weighted by atomic mass is 9.83. The molecule has 0 aromatic heterocycles. The number of aliphatic hydroxyl groups is 1. The number of thioether (sulfide) groups is 1. The van der Waals surface area contributed by atoms with Crippen LogP contribution in [0.3, 0.4) is 0 Å². The van der Waals surface area contributed by atoms with E-state index in [4.69, 9.17) is 5.73 Å². The van der Waals surface area contributed by atoms with Crippen LogP contribution in [0, 0.1) is 5.41 Å². The van der Waals surface area contributed by atoms with Gasteiger partial charge in [-0.2, -0.15) is 0 Å². The molecule has 2 rings (SSSR count). The van der Waals surface area contributed by atoms with Crippen molar-refractivity contribution in [3.63, 3.8) is 0 Å². The molecule has 1 aromatic carbocycles. The molecule has 4 N–H and O–H groups in total. The van der Waals surface area contributed by atoms with Crippen LogP contribution in [0.4, 0.5) is 5.69 Å². The topological polar surface area (TPSA) is 75.3 Å². The predicted octanol–water partition coefficient (Wildman–Crippen LogP) is 1.75. The van der Waals surface area contributed by atoms with Gasteiger partial charge in [-0.1, -0.05) is 19.9 Å². The van der Waals surface area contributed by atoms with Crippen molar-refractivity contribution in [1.82, 2.24) is 0 Å². The Kier molecular flexibility index (Phi) is 3.66. The highest BCUT2D eigenvalue weighted by Crippen LogP contribution is 2.37. The minimum atomic E-state index is -0.642. The fourth-order valence-electron chi connectivity index (χ4n) is 1.83. The summed E-state index contributed by atoms with van der Waals surface area (Å²) in [7, 11) is 0. The molecule has 1 amide bonds. The van der Waals surface area contributed by atoms with Gasteiger partial charge in [0.05, 0.1) is 17.5 Å². The van der Waals surface area contributed by atoms with Gasteiger partial charge in [-0.15, -0.1) is 11.8 Å². The number of nitrogens with one attached hydrogen (secondary N) is 1. The fraction of sp³-hybridized carbons (Fsp3) is 0.462. The zero-order chi connectivity index (χ0) is 13.3. The fourth-order valence-corrected chi connectivity index (χ4v) is 2.62. The molecule has 0 saturated carbocycles. The smallest absolute Gasteiger partial charge is 0.234 e. The van der Waals surface area contributed by atoms with Gasteiger partial charge in [-0.3, -0.25) is 4.79 Å². The van der Waals surface area contributed by atoms with Crippen molar-refractivity contribution < 1.29 is 9.90 Å². The van der Waals surface area contributed by atoms with Gasteiger partial charge in [-0.05, 0) is 17.7 Å². The van der Waals surface area contributed by atoms with E-state index in [1.807, 2.05) is 32.0 Å². The van der Waals surface area contributed by atoms with E-state index < -0.39 is 6.10 Å². The second-order valence-corrected chi connectivity index (χ2v) is 6.20. The largest absolute Gasteiger partial charge is 0.388 e. The number of carbonyl (C=O) groups excluding carboxylic acids is 1. The first kappa shape index (κ1) is 13.4. The minimum absolute atomic E-state index is 0.00257. The lowest BCUT2D eigenvalue weighted by Crippen LogP contribution is -2.31. The summed E-state index contributed by atoms with van der Waals surface area (Å²) in [4.78, 5) is 12.4. The van der Waals surface area contributed by atoms with Gasteiger partial charge in [0.25, 0.3) is 0 Å². The number of hydrogen-bond donors (Lipinski definition) is 3. The average Bonchev–Trinajstić information content (AvgIpc) is 2.36. The predicted molar refractivity (Wildman–Crippen MR) is 73.6 cm³/mol. The Bertz CT molecular complexity index is 474. The standard InChI is InChI=1S/C13H18N2O2S/c1-13(2,7-14)12(17)8-3-4-10-9(5-8)15-11(16)6-18-10/h3-5,12,17H,6-7,14H2,1-2H3,(H,15,16). The average molecular weight is 266 g/mol. The van der Waals surface area contributed by atoms with E-state index in [2.05, 4.69) is 5.32 Å². The molecular formula is C13H18N2O2S. The van der Waals surface area contributed by atoms with Crippen LogP contribution in [0.5, 0.6) is 0 Å². The lowest BCUT2D eigenvalue weighted by molar-refractivity contribution is -0.113. The number of carbonyl (C=O) groups is 1. The number of fused-ring (bicyclic) bond motifs is 1. The molecule has 1 unspecified atom stereocenters. The van der Waals surface area contributed by atoms with E-state index in [1.54, 1.807) is 0 Å². The molecule has 0 fully saturated rings. The normalized spacial score (nSPS) is 17.0. The molecular weight excluding hydrogens is 248 g/mol. The number of amides is 1. The van der Waals surface area contributed by atoms with Gasteiger partial charge in [0.2, 0.25) is 5.91 Å². The van der Waals surface area contributed by atoms with Gasteiger partial charge in [-0.25, -0.2) is 0 Å². The Morgan fingerprint density at radius 2 is 2.28 bits per heavy atom. The molecule has 98 valence electrons. The van der Waals surface area contributed by atoms with E-state index in [9.17, 15) is 9.90 Å². The molecule has 1 aliphatic heterocycles. The Morgan fingerprint density at radius 1 is 1.56 bits per heavy atom. The van der Waals surface area contributed by atoms with Gasteiger partial charge in [0, 0.05) is 16.9 Å². The van der Waals surface area contributed by atoms with Crippen molar-refractivity contribution in [3.8, 4) is 0 Å². The number of hydrogen-bond acceptors (Lipinski definition) is 4. The summed E-state index contributed by atoms with van der Waals surface area (Å²) < 4.78 is 0. The van der Waals surface area contributed by atoms with Crippen molar-refractivity contribution in [2.24, 2.45) is 11.1 Å². The van der Waals surface area contributed by atoms with Crippen LogP contribution in [0.25, 0.3) is 0 Å². The SMILES string of the molecule is CC(C)(CN)C(O)c1ccc2c(c1)NC(=O)CS2. The molecule has 0 bridgehead atoms. The van der Waals surface area contributed by atoms with E-state index in [-0.39, 0.29) is 11.3 Å². The first-order chi connectivity index (χ1) is 8.44. The molecule has 0 aliphatic carbocycles. The second kappa shape index (κ2) is 4.91. The van der Waals surface area contributed by atoms with Crippen molar-refractivity contribution in [2.45, 2.75) is 24.8 Å². The zero-order valence-electron chi connectivity index (χ0n) is 10.6. The molecule has 18 heavy (non-hydrogen) atoms. The maximum atomic E-state index is 11.3. The number of anilines is 1. The van der Waals surface area contributed by atoms with Gasteiger partial charge < -0.3 is 16.2 Å². The summed E-state index contributed by atoms with van der Waals surface area (Å²) in [6.07, 6.45) is -0.642. The van der Waals surface area contributed by atoms with Crippen molar-refractivity contribution >= 4 is 23.4 Å². The van der Waals surface area contributed by atoms with Crippen LogP contribution < -0.4 is 11.1 Å². The van der Waals surface area contributed by atoms with Crippen molar-refractivity contribution in [3.05, 3.63) is 23.8 Å². The van der Waals surface area contributed by atoms with Crippen molar-refractivity contribution in [1.29, 1.82) is 0 Å². The summed E-state index contributed by atoms with van der Waals surface area (Å²) >= 11 is 1.51. The van der Waals surface area contributed by atoms with Gasteiger partial charge in [0.15, 0.2) is 0 Å². The third-order valence-corrected chi connectivity index (χ3v) is 4.29. The molecule has 0 spiro atoms. The van der Waals surface area contributed by atoms with Gasteiger partial charge in [0.1, 0.15) is 0 Å². The first-order valence-corrected chi connectivity index (χ1v) is 6.87. The quantitative estimate of drug-likeness (QED) is 0.779. The molecule has 1 heterocycles. The van der Waals surface area contributed by atoms with E-state index >= 15 is 0 Å². The third kappa shape index (κ3) is 2.53. The number of nitrogens with two attached hydrogens (primary N) is 1. The summed E-state index contributed by atoms with van der Waals surface area (Å²) in [5.74, 6) is 0.445. The second-order valence-electron chi connectivity index (χ2n) is 5.19.